The number of carbonyl (C=O) groups excluding carboxylic acids is 8. The molecule has 0 aliphatic carbocycles. The van der Waals surface area contributed by atoms with E-state index < -0.39 is 53.8 Å². The predicted molar refractivity (Wildman–Crippen MR) is 181 cm³/mol. The van der Waals surface area contributed by atoms with Crippen LogP contribution in [0.25, 0.3) is 0 Å². The Kier molecular flexibility index (Phi) is 16.2. The van der Waals surface area contributed by atoms with E-state index in [1.807, 2.05) is 27.7 Å². The van der Waals surface area contributed by atoms with Gasteiger partial charge < -0.3 is 24.7 Å². The maximum Gasteiger partial charge on any atom is 0.335 e. The Morgan fingerprint density at radius 3 is 1.94 bits per heavy atom. The zero-order valence-corrected chi connectivity index (χ0v) is 30.9. The third-order valence-electron chi connectivity index (χ3n) is 9.39. The van der Waals surface area contributed by atoms with E-state index >= 15 is 0 Å². The first-order valence-corrected chi connectivity index (χ1v) is 17.4. The summed E-state index contributed by atoms with van der Waals surface area (Å²) in [6, 6.07) is -2.48. The van der Waals surface area contributed by atoms with Crippen LogP contribution in [-0.4, -0.2) is 119 Å². The van der Waals surface area contributed by atoms with Gasteiger partial charge in [-0.2, -0.15) is 0 Å². The van der Waals surface area contributed by atoms with E-state index in [4.69, 9.17) is 9.57 Å². The van der Waals surface area contributed by atoms with E-state index in [1.165, 1.54) is 29.1 Å². The van der Waals surface area contributed by atoms with E-state index in [9.17, 15) is 38.4 Å². The number of likely N-dealkylation sites (N-methyl/N-ethyl adjacent to an activating group) is 2. The quantitative estimate of drug-likeness (QED) is 0.145. The minimum atomic E-state index is -0.974. The van der Waals surface area contributed by atoms with Gasteiger partial charge in [-0.25, -0.2) is 4.79 Å². The lowest BCUT2D eigenvalue weighted by atomic mass is 9.90. The largest absolute Gasteiger partial charge is 0.379 e. The van der Waals surface area contributed by atoms with E-state index in [2.05, 4.69) is 5.32 Å². The van der Waals surface area contributed by atoms with Gasteiger partial charge in [-0.3, -0.25) is 38.5 Å². The number of hydrogen-bond donors (Lipinski definition) is 1. The third-order valence-corrected chi connectivity index (χ3v) is 9.39. The maximum absolute atomic E-state index is 14.1. The number of amides is 7. The summed E-state index contributed by atoms with van der Waals surface area (Å²) in [5, 5.41) is 3.36. The molecule has 0 spiro atoms. The molecule has 50 heavy (non-hydrogen) atoms. The topological polar surface area (TPSA) is 180 Å². The van der Waals surface area contributed by atoms with Gasteiger partial charge in [0.25, 0.3) is 23.6 Å². The van der Waals surface area contributed by atoms with Crippen LogP contribution < -0.4 is 5.32 Å². The molecule has 1 saturated heterocycles. The van der Waals surface area contributed by atoms with Crippen LogP contribution in [0.3, 0.4) is 0 Å². The molecule has 1 fully saturated rings. The number of hydroxylamine groups is 2. The fourth-order valence-electron chi connectivity index (χ4n) is 6.29. The molecule has 0 aromatic carbocycles. The normalized spacial score (nSPS) is 17.7. The first-order valence-electron chi connectivity index (χ1n) is 17.4. The van der Waals surface area contributed by atoms with Crippen molar-refractivity contribution in [2.75, 3.05) is 27.7 Å². The molecule has 0 saturated carbocycles. The molecule has 2 aliphatic rings. The van der Waals surface area contributed by atoms with Gasteiger partial charge in [-0.05, 0) is 30.6 Å². The van der Waals surface area contributed by atoms with Gasteiger partial charge in [0.15, 0.2) is 0 Å². The van der Waals surface area contributed by atoms with Crippen LogP contribution in [0.2, 0.25) is 0 Å². The van der Waals surface area contributed by atoms with Crippen LogP contribution in [0.1, 0.15) is 92.9 Å². The number of ether oxygens (including phenoxy) is 1. The average molecular weight is 706 g/mol. The standard InChI is InChI=1S/C35H55N5O10/c1-10-23(6)33(24(49-9)20-30(46)50-40-28(44)17-18-29(40)45)38(8)35(48)31(21(2)3)36-34(47)32(22(4)5)37(7)25(41)14-12-11-13-19-39-26(42)15-16-27(39)43/h15-16,21-24,31-33H,10-14,17-20H2,1-9H3,(H,36,47)/t23-,24+,31?,32?,33-/m0/s1. The Labute approximate surface area is 295 Å². The summed E-state index contributed by atoms with van der Waals surface area (Å²) in [5.74, 6) is -4.69. The number of hydrogen-bond acceptors (Lipinski definition) is 10. The van der Waals surface area contributed by atoms with Crippen molar-refractivity contribution < 1.29 is 47.9 Å². The van der Waals surface area contributed by atoms with Crippen molar-refractivity contribution in [3.8, 4) is 0 Å². The molecule has 0 radical (unpaired) electrons. The van der Waals surface area contributed by atoms with Gasteiger partial charge >= 0.3 is 5.97 Å². The summed E-state index contributed by atoms with van der Waals surface area (Å²) < 4.78 is 5.68. The Morgan fingerprint density at radius 1 is 0.860 bits per heavy atom. The lowest BCUT2D eigenvalue weighted by molar-refractivity contribution is -0.199. The van der Waals surface area contributed by atoms with Crippen LogP contribution in [-0.2, 0) is 47.9 Å². The van der Waals surface area contributed by atoms with Crippen molar-refractivity contribution >= 4 is 47.3 Å². The lowest BCUT2D eigenvalue weighted by Crippen LogP contribution is -2.60. The maximum atomic E-state index is 14.1. The van der Waals surface area contributed by atoms with E-state index in [0.717, 1.165) is 4.90 Å². The SMILES string of the molecule is CC[C@H](C)[C@@H]([C@@H](CC(=O)ON1C(=O)CCC1=O)OC)N(C)C(=O)C(NC(=O)C(C(C)C)N(C)C(=O)CCCCCN1C(=O)C=CC1=O)C(C)C. The van der Waals surface area contributed by atoms with Crippen LogP contribution >= 0.6 is 0 Å². The van der Waals surface area contributed by atoms with Crippen LogP contribution in [0.15, 0.2) is 12.2 Å². The third kappa shape index (κ3) is 10.9. The van der Waals surface area contributed by atoms with Gasteiger partial charge in [-0.1, -0.05) is 54.4 Å². The molecule has 0 bridgehead atoms. The van der Waals surface area contributed by atoms with Crippen molar-refractivity contribution in [3.05, 3.63) is 12.2 Å². The molecule has 1 N–H and O–H groups in total. The number of rotatable bonds is 20. The summed E-state index contributed by atoms with van der Waals surface area (Å²) in [7, 11) is 4.53. The summed E-state index contributed by atoms with van der Waals surface area (Å²) in [4.78, 5) is 110. The highest BCUT2D eigenvalue weighted by Crippen LogP contribution is 2.25. The Balaban J connectivity index is 2.10. The molecule has 2 rings (SSSR count). The smallest absolute Gasteiger partial charge is 0.335 e. The van der Waals surface area contributed by atoms with Gasteiger partial charge in [0.05, 0.1) is 18.6 Å². The highest BCUT2D eigenvalue weighted by Gasteiger charge is 2.40. The second kappa shape index (κ2) is 19.3. The first-order chi connectivity index (χ1) is 23.5. The molecule has 15 heteroatoms. The second-order valence-corrected chi connectivity index (χ2v) is 13.7. The van der Waals surface area contributed by atoms with Gasteiger partial charge in [0, 0.05) is 59.2 Å². The second-order valence-electron chi connectivity index (χ2n) is 13.7. The number of nitrogens with zero attached hydrogens (tertiary/aromatic N) is 4. The van der Waals surface area contributed by atoms with Crippen LogP contribution in [0.4, 0.5) is 0 Å². The molecule has 2 unspecified atom stereocenters. The van der Waals surface area contributed by atoms with E-state index in [-0.39, 0.29) is 67.7 Å². The predicted octanol–water partition coefficient (Wildman–Crippen LogP) is 1.98. The summed E-state index contributed by atoms with van der Waals surface area (Å²) in [5.41, 5.74) is 0. The Bertz CT molecular complexity index is 1280. The van der Waals surface area contributed by atoms with E-state index in [1.54, 1.807) is 27.9 Å². The zero-order chi connectivity index (χ0) is 37.9. The average Bonchev–Trinajstić information content (AvgIpc) is 3.55. The summed E-state index contributed by atoms with van der Waals surface area (Å²) in [6.45, 7) is 11.3. The summed E-state index contributed by atoms with van der Waals surface area (Å²) in [6.07, 6.45) is 3.64. The van der Waals surface area contributed by atoms with Gasteiger partial charge in [0.2, 0.25) is 17.7 Å². The highest BCUT2D eigenvalue weighted by molar-refractivity contribution is 6.12. The molecule has 2 heterocycles. The van der Waals surface area contributed by atoms with Crippen molar-refractivity contribution in [1.82, 2.24) is 25.1 Å². The highest BCUT2D eigenvalue weighted by atomic mass is 16.7. The zero-order valence-electron chi connectivity index (χ0n) is 30.9. The van der Waals surface area contributed by atoms with Crippen molar-refractivity contribution in [3.63, 3.8) is 0 Å². The van der Waals surface area contributed by atoms with Crippen molar-refractivity contribution in [2.45, 2.75) is 117 Å². The van der Waals surface area contributed by atoms with Crippen LogP contribution in [0.5, 0.6) is 0 Å². The van der Waals surface area contributed by atoms with Crippen molar-refractivity contribution in [2.24, 2.45) is 17.8 Å². The molecule has 0 aromatic rings. The lowest BCUT2D eigenvalue weighted by Gasteiger charge is -2.40. The molecule has 0 aromatic heterocycles. The first kappa shape index (κ1) is 42.0. The number of methoxy groups -OCH3 is 1. The molecular weight excluding hydrogens is 650 g/mol. The molecule has 280 valence electrons. The fourth-order valence-corrected chi connectivity index (χ4v) is 6.29. The van der Waals surface area contributed by atoms with Gasteiger partial charge in [-0.15, -0.1) is 5.06 Å². The van der Waals surface area contributed by atoms with E-state index in [0.29, 0.717) is 30.7 Å². The summed E-state index contributed by atoms with van der Waals surface area (Å²) >= 11 is 0. The van der Waals surface area contributed by atoms with Crippen LogP contribution in [0, 0.1) is 17.8 Å². The molecular formula is C35H55N5O10. The fraction of sp³-hybridized carbons (Fsp3) is 0.714. The van der Waals surface area contributed by atoms with Gasteiger partial charge in [0.1, 0.15) is 12.1 Å². The monoisotopic (exact) mass is 705 g/mol. The minimum absolute atomic E-state index is 0.0399. The number of unbranched alkanes of at least 4 members (excludes halogenated alkanes) is 2. The molecule has 2 aliphatic heterocycles. The molecule has 5 atom stereocenters. The number of nitrogens with one attached hydrogen (secondary N) is 1. The van der Waals surface area contributed by atoms with Crippen molar-refractivity contribution in [1.29, 1.82) is 0 Å². The Morgan fingerprint density at radius 2 is 1.44 bits per heavy atom. The Hall–Kier alpha value is -4.14. The number of imide groups is 2. The number of carbonyl (C=O) groups is 8. The molecule has 15 nitrogen and oxygen atoms in total. The molecule has 7 amide bonds. The minimum Gasteiger partial charge on any atom is -0.379 e.